The van der Waals surface area contributed by atoms with Crippen molar-refractivity contribution < 1.29 is 41.0 Å². The maximum atomic E-state index is 14.4. The van der Waals surface area contributed by atoms with Crippen LogP contribution in [0.15, 0.2) is 53.4 Å². The van der Waals surface area contributed by atoms with E-state index in [4.69, 9.17) is 26.8 Å². The van der Waals surface area contributed by atoms with Crippen molar-refractivity contribution in [2.24, 2.45) is 5.73 Å². The Morgan fingerprint density at radius 2 is 1.64 bits per heavy atom. The molecule has 0 radical (unpaired) electrons. The van der Waals surface area contributed by atoms with Gasteiger partial charge >= 0.3 is 0 Å². The van der Waals surface area contributed by atoms with Crippen molar-refractivity contribution in [1.82, 2.24) is 0 Å². The first kappa shape index (κ1) is 27.1. The number of halogens is 4. The average molecular weight is 545 g/mol. The molecule has 0 heterocycles. The Bertz CT molecular complexity index is 1400. The van der Waals surface area contributed by atoms with E-state index in [0.717, 1.165) is 18.2 Å². The molecule has 0 saturated heterocycles. The summed E-state index contributed by atoms with van der Waals surface area (Å²) in [5.41, 5.74) is 3.59. The Kier molecular flexibility index (Phi) is 8.02. The predicted octanol–water partition coefficient (Wildman–Crippen LogP) is 3.54. The molecule has 3 rings (SSSR count). The van der Waals surface area contributed by atoms with Crippen LogP contribution in [0, 0.1) is 17.5 Å². The molecular formula is C23H20ClF3N2O6S. The lowest BCUT2D eigenvalue weighted by molar-refractivity contribution is -0.116. The highest BCUT2D eigenvalue weighted by molar-refractivity contribution is 7.92. The van der Waals surface area contributed by atoms with Gasteiger partial charge in [0.25, 0.3) is 10.0 Å². The van der Waals surface area contributed by atoms with E-state index >= 15 is 0 Å². The van der Waals surface area contributed by atoms with Gasteiger partial charge in [-0.15, -0.1) is 0 Å². The highest BCUT2D eigenvalue weighted by atomic mass is 35.5. The summed E-state index contributed by atoms with van der Waals surface area (Å²) < 4.78 is 80.3. The number of nitrogens with two attached hydrogens (primary N) is 1. The molecular weight excluding hydrogens is 525 g/mol. The number of rotatable bonds is 9. The van der Waals surface area contributed by atoms with E-state index in [9.17, 15) is 31.5 Å². The number of aliphatic hydroxyl groups is 1. The quantitative estimate of drug-likeness (QED) is 0.425. The SMILES string of the molecule is COc1ccc(S(=O)(=O)N(CC(N)=O)c2ccc(Cl)cc2C(O)c2c(F)cc(F)cc2F)cc1OC. The van der Waals surface area contributed by atoms with E-state index in [1.54, 1.807) is 0 Å². The average Bonchev–Trinajstić information content (AvgIpc) is 2.81. The summed E-state index contributed by atoms with van der Waals surface area (Å²) in [7, 11) is -1.96. The van der Waals surface area contributed by atoms with Crippen LogP contribution < -0.4 is 19.5 Å². The smallest absolute Gasteiger partial charge is 0.264 e. The summed E-state index contributed by atoms with van der Waals surface area (Å²) in [5.74, 6) is -4.86. The molecule has 0 saturated carbocycles. The summed E-state index contributed by atoms with van der Waals surface area (Å²) in [6, 6.07) is 7.76. The number of hydrogen-bond acceptors (Lipinski definition) is 6. The van der Waals surface area contributed by atoms with Gasteiger partial charge in [-0.1, -0.05) is 11.6 Å². The molecule has 3 aromatic rings. The van der Waals surface area contributed by atoms with Gasteiger partial charge in [0.15, 0.2) is 11.5 Å². The summed E-state index contributed by atoms with van der Waals surface area (Å²) in [6.45, 7) is -0.910. The Balaban J connectivity index is 2.24. The summed E-state index contributed by atoms with van der Waals surface area (Å²) in [6.07, 6.45) is -2.14. The van der Waals surface area contributed by atoms with E-state index in [2.05, 4.69) is 0 Å². The third-order valence-electron chi connectivity index (χ3n) is 5.11. The Hall–Kier alpha value is -3.48. The first-order valence-corrected chi connectivity index (χ1v) is 11.9. The minimum Gasteiger partial charge on any atom is -0.493 e. The zero-order valence-corrected chi connectivity index (χ0v) is 20.4. The Labute approximate surface area is 209 Å². The lowest BCUT2D eigenvalue weighted by Gasteiger charge is -2.27. The van der Waals surface area contributed by atoms with Crippen molar-refractivity contribution >= 4 is 33.2 Å². The van der Waals surface area contributed by atoms with Gasteiger partial charge in [-0.25, -0.2) is 21.6 Å². The minimum atomic E-state index is -4.59. The number of hydrogen-bond donors (Lipinski definition) is 2. The van der Waals surface area contributed by atoms with Crippen LogP contribution in [0.1, 0.15) is 17.2 Å². The fourth-order valence-electron chi connectivity index (χ4n) is 3.49. The number of amides is 1. The topological polar surface area (TPSA) is 119 Å². The van der Waals surface area contributed by atoms with Crippen LogP contribution >= 0.6 is 11.6 Å². The van der Waals surface area contributed by atoms with Crippen molar-refractivity contribution in [1.29, 1.82) is 0 Å². The number of carbonyl (C=O) groups excluding carboxylic acids is 1. The molecule has 0 aromatic heterocycles. The molecule has 13 heteroatoms. The Morgan fingerprint density at radius 3 is 2.19 bits per heavy atom. The lowest BCUT2D eigenvalue weighted by Crippen LogP contribution is -2.39. The summed E-state index contributed by atoms with van der Waals surface area (Å²) >= 11 is 6.02. The van der Waals surface area contributed by atoms with Gasteiger partial charge in [0, 0.05) is 28.8 Å². The van der Waals surface area contributed by atoms with Crippen LogP contribution in [0.2, 0.25) is 5.02 Å². The zero-order chi connectivity index (χ0) is 26.8. The van der Waals surface area contributed by atoms with Crippen molar-refractivity contribution in [3.8, 4) is 11.5 Å². The number of anilines is 1. The van der Waals surface area contributed by atoms with Crippen molar-refractivity contribution in [3.05, 3.63) is 82.1 Å². The number of nitrogens with zero attached hydrogens (tertiary/aromatic N) is 1. The minimum absolute atomic E-state index is 0.0294. The second-order valence-electron chi connectivity index (χ2n) is 7.38. The molecule has 1 unspecified atom stereocenters. The van der Waals surface area contributed by atoms with Crippen LogP contribution in [0.4, 0.5) is 18.9 Å². The number of primary amides is 1. The van der Waals surface area contributed by atoms with E-state index in [0.29, 0.717) is 16.4 Å². The van der Waals surface area contributed by atoms with Gasteiger partial charge in [-0.2, -0.15) is 0 Å². The van der Waals surface area contributed by atoms with Crippen LogP contribution in [0.25, 0.3) is 0 Å². The molecule has 0 fully saturated rings. The summed E-state index contributed by atoms with van der Waals surface area (Å²) in [5, 5.41) is 10.9. The number of carbonyl (C=O) groups is 1. The highest BCUT2D eigenvalue weighted by Gasteiger charge is 2.32. The third-order valence-corrected chi connectivity index (χ3v) is 7.10. The first-order chi connectivity index (χ1) is 16.9. The number of aliphatic hydroxyl groups excluding tert-OH is 1. The van der Waals surface area contributed by atoms with E-state index in [1.807, 2.05) is 0 Å². The number of sulfonamides is 1. The largest absolute Gasteiger partial charge is 0.493 e. The number of benzene rings is 3. The van der Waals surface area contributed by atoms with Gasteiger partial charge < -0.3 is 20.3 Å². The Morgan fingerprint density at radius 1 is 1.03 bits per heavy atom. The van der Waals surface area contributed by atoms with Crippen LogP contribution in [0.5, 0.6) is 11.5 Å². The first-order valence-electron chi connectivity index (χ1n) is 10.1. The van der Waals surface area contributed by atoms with Gasteiger partial charge in [0.05, 0.1) is 30.4 Å². The summed E-state index contributed by atoms with van der Waals surface area (Å²) in [4.78, 5) is 11.5. The predicted molar refractivity (Wildman–Crippen MR) is 125 cm³/mol. The molecule has 3 aromatic carbocycles. The number of ether oxygens (including phenoxy) is 2. The maximum absolute atomic E-state index is 14.4. The normalized spacial score (nSPS) is 12.2. The van der Waals surface area contributed by atoms with E-state index in [1.165, 1.54) is 32.4 Å². The molecule has 36 heavy (non-hydrogen) atoms. The highest BCUT2D eigenvalue weighted by Crippen LogP contribution is 2.38. The van der Waals surface area contributed by atoms with Gasteiger partial charge in [0.1, 0.15) is 30.1 Å². The second kappa shape index (κ2) is 10.6. The molecule has 0 aliphatic carbocycles. The molecule has 1 amide bonds. The van der Waals surface area contributed by atoms with E-state index in [-0.39, 0.29) is 27.1 Å². The van der Waals surface area contributed by atoms with Gasteiger partial charge in [-0.05, 0) is 30.3 Å². The molecule has 192 valence electrons. The molecule has 0 aliphatic rings. The van der Waals surface area contributed by atoms with Gasteiger partial charge in [-0.3, -0.25) is 9.10 Å². The molecule has 0 spiro atoms. The molecule has 0 aliphatic heterocycles. The number of methoxy groups -OCH3 is 2. The van der Waals surface area contributed by atoms with Crippen molar-refractivity contribution in [2.45, 2.75) is 11.0 Å². The standard InChI is InChI=1S/C23H20ClF3N2O6S/c1-34-19-6-4-14(10-20(19)35-2)36(32,33)29(11-21(28)30)18-5-3-12(24)7-15(18)23(31)22-16(26)8-13(25)9-17(22)27/h3-10,23,31H,11H2,1-2H3,(H2,28,30). The molecule has 8 nitrogen and oxygen atoms in total. The van der Waals surface area contributed by atoms with Crippen LogP contribution in [0.3, 0.4) is 0 Å². The monoisotopic (exact) mass is 544 g/mol. The molecule has 1 atom stereocenters. The second-order valence-corrected chi connectivity index (χ2v) is 9.68. The van der Waals surface area contributed by atoms with Crippen molar-refractivity contribution in [3.63, 3.8) is 0 Å². The van der Waals surface area contributed by atoms with E-state index < -0.39 is 57.2 Å². The molecule has 0 bridgehead atoms. The van der Waals surface area contributed by atoms with Crippen molar-refractivity contribution in [2.75, 3.05) is 25.1 Å². The maximum Gasteiger partial charge on any atom is 0.264 e. The fourth-order valence-corrected chi connectivity index (χ4v) is 5.14. The third kappa shape index (κ3) is 5.35. The lowest BCUT2D eigenvalue weighted by atomic mass is 9.98. The zero-order valence-electron chi connectivity index (χ0n) is 18.8. The van der Waals surface area contributed by atoms with Crippen LogP contribution in [-0.2, 0) is 14.8 Å². The fraction of sp³-hybridized carbons (Fsp3) is 0.174. The molecule has 3 N–H and O–H groups in total. The van der Waals surface area contributed by atoms with Crippen LogP contribution in [-0.4, -0.2) is 40.2 Å². The van der Waals surface area contributed by atoms with Gasteiger partial charge in [0.2, 0.25) is 5.91 Å².